The number of benzene rings is 2. The molecule has 0 aliphatic carbocycles. The van der Waals surface area contributed by atoms with Gasteiger partial charge in [-0.2, -0.15) is 0 Å². The second kappa shape index (κ2) is 11.3. The number of carbonyl (C=O) groups excluding carboxylic acids is 2. The third kappa shape index (κ3) is 7.23. The van der Waals surface area contributed by atoms with E-state index in [1.54, 1.807) is 6.07 Å². The van der Waals surface area contributed by atoms with Gasteiger partial charge in [0.1, 0.15) is 11.6 Å². The molecule has 0 saturated heterocycles. The maximum atomic E-state index is 12.9. The molecule has 0 spiro atoms. The van der Waals surface area contributed by atoms with Gasteiger partial charge >= 0.3 is 0 Å². The maximum Gasteiger partial charge on any atom is 0.252 e. The summed E-state index contributed by atoms with van der Waals surface area (Å²) in [4.78, 5) is 25.3. The Hall–Kier alpha value is -3.17. The summed E-state index contributed by atoms with van der Waals surface area (Å²) in [6.07, 6.45) is 0. The number of aromatic nitrogens is 1. The lowest BCUT2D eigenvalue weighted by atomic mass is 10.2. The monoisotopic (exact) mass is 442 g/mol. The van der Waals surface area contributed by atoms with Gasteiger partial charge in [0.25, 0.3) is 5.91 Å². The van der Waals surface area contributed by atoms with Gasteiger partial charge < -0.3 is 20.5 Å². The summed E-state index contributed by atoms with van der Waals surface area (Å²) in [6.45, 7) is 2.71. The zero-order valence-electron chi connectivity index (χ0n) is 17.0. The molecule has 0 aliphatic rings. The first-order valence-corrected chi connectivity index (χ1v) is 10.7. The van der Waals surface area contributed by atoms with E-state index >= 15 is 0 Å². The molecule has 0 saturated carbocycles. The number of nitrogens with zero attached hydrogens (tertiary/aromatic N) is 1. The van der Waals surface area contributed by atoms with E-state index in [0.29, 0.717) is 30.1 Å². The molecule has 0 atom stereocenters. The SMILES string of the molecule is Cc1cc(CSc2ccccc2C(=O)NCCNCC(=O)Nc2ccc(F)cc2)no1. The van der Waals surface area contributed by atoms with Crippen LogP contribution in [0.5, 0.6) is 0 Å². The Morgan fingerprint density at radius 3 is 2.61 bits per heavy atom. The van der Waals surface area contributed by atoms with Gasteiger partial charge in [-0.05, 0) is 43.3 Å². The third-order valence-electron chi connectivity index (χ3n) is 4.18. The molecule has 3 N–H and O–H groups in total. The molecule has 0 unspecified atom stereocenters. The van der Waals surface area contributed by atoms with E-state index in [0.717, 1.165) is 16.3 Å². The molecular weight excluding hydrogens is 419 g/mol. The molecule has 7 nitrogen and oxygen atoms in total. The van der Waals surface area contributed by atoms with Crippen LogP contribution in [0.3, 0.4) is 0 Å². The van der Waals surface area contributed by atoms with Gasteiger partial charge in [-0.15, -0.1) is 11.8 Å². The first-order valence-electron chi connectivity index (χ1n) is 9.69. The number of carbonyl (C=O) groups is 2. The highest BCUT2D eigenvalue weighted by Crippen LogP contribution is 2.26. The maximum absolute atomic E-state index is 12.9. The van der Waals surface area contributed by atoms with Crippen LogP contribution in [-0.4, -0.2) is 36.6 Å². The third-order valence-corrected chi connectivity index (χ3v) is 5.29. The minimum Gasteiger partial charge on any atom is -0.361 e. The fraction of sp³-hybridized carbons (Fsp3) is 0.227. The number of aryl methyl sites for hydroxylation is 1. The zero-order valence-corrected chi connectivity index (χ0v) is 17.8. The average Bonchev–Trinajstić information content (AvgIpc) is 3.19. The molecule has 9 heteroatoms. The quantitative estimate of drug-likeness (QED) is 0.329. The van der Waals surface area contributed by atoms with E-state index in [-0.39, 0.29) is 24.2 Å². The van der Waals surface area contributed by atoms with Gasteiger partial charge in [-0.1, -0.05) is 17.3 Å². The Kier molecular flexibility index (Phi) is 8.19. The first kappa shape index (κ1) is 22.5. The number of rotatable bonds is 10. The highest BCUT2D eigenvalue weighted by Gasteiger charge is 2.12. The topological polar surface area (TPSA) is 96.3 Å². The first-order chi connectivity index (χ1) is 15.0. The van der Waals surface area contributed by atoms with Gasteiger partial charge in [-0.25, -0.2) is 4.39 Å². The van der Waals surface area contributed by atoms with Crippen LogP contribution >= 0.6 is 11.8 Å². The van der Waals surface area contributed by atoms with Gasteiger partial charge in [-0.3, -0.25) is 9.59 Å². The molecule has 0 fully saturated rings. The Bertz CT molecular complexity index is 1020. The summed E-state index contributed by atoms with van der Waals surface area (Å²) in [5, 5.41) is 12.4. The lowest BCUT2D eigenvalue weighted by Gasteiger charge is -2.10. The summed E-state index contributed by atoms with van der Waals surface area (Å²) < 4.78 is 17.9. The summed E-state index contributed by atoms with van der Waals surface area (Å²) >= 11 is 1.52. The molecule has 0 aliphatic heterocycles. The molecule has 0 radical (unpaired) electrons. The highest BCUT2D eigenvalue weighted by atomic mass is 32.2. The van der Waals surface area contributed by atoms with Crippen LogP contribution in [0.2, 0.25) is 0 Å². The number of hydrogen-bond donors (Lipinski definition) is 3. The smallest absolute Gasteiger partial charge is 0.252 e. The number of thioether (sulfide) groups is 1. The van der Waals surface area contributed by atoms with E-state index in [1.807, 2.05) is 31.2 Å². The lowest BCUT2D eigenvalue weighted by Crippen LogP contribution is -2.35. The van der Waals surface area contributed by atoms with Crippen molar-refractivity contribution in [3.63, 3.8) is 0 Å². The van der Waals surface area contributed by atoms with E-state index in [4.69, 9.17) is 4.52 Å². The van der Waals surface area contributed by atoms with Crippen molar-refractivity contribution in [3.8, 4) is 0 Å². The largest absolute Gasteiger partial charge is 0.361 e. The van der Waals surface area contributed by atoms with Crippen molar-refractivity contribution < 1.29 is 18.5 Å². The van der Waals surface area contributed by atoms with Crippen molar-refractivity contribution in [1.29, 1.82) is 0 Å². The summed E-state index contributed by atoms with van der Waals surface area (Å²) in [5.74, 6) is 0.562. The normalized spacial score (nSPS) is 10.6. The zero-order chi connectivity index (χ0) is 22.1. The number of hydrogen-bond acceptors (Lipinski definition) is 6. The van der Waals surface area contributed by atoms with Crippen molar-refractivity contribution in [2.45, 2.75) is 17.6 Å². The van der Waals surface area contributed by atoms with Crippen LogP contribution in [0.25, 0.3) is 0 Å². The van der Waals surface area contributed by atoms with Gasteiger partial charge in [0, 0.05) is 35.5 Å². The van der Waals surface area contributed by atoms with Crippen molar-refractivity contribution in [1.82, 2.24) is 15.8 Å². The molecule has 3 aromatic rings. The van der Waals surface area contributed by atoms with Crippen LogP contribution in [0, 0.1) is 12.7 Å². The number of nitrogens with one attached hydrogen (secondary N) is 3. The molecule has 0 bridgehead atoms. The Labute approximate surface area is 183 Å². The van der Waals surface area contributed by atoms with Gasteiger partial charge in [0.15, 0.2) is 0 Å². The highest BCUT2D eigenvalue weighted by molar-refractivity contribution is 7.98. The molecule has 162 valence electrons. The van der Waals surface area contributed by atoms with Crippen LogP contribution in [-0.2, 0) is 10.5 Å². The number of halogens is 1. The van der Waals surface area contributed by atoms with Crippen molar-refractivity contribution in [3.05, 3.63) is 77.4 Å². The molecule has 1 aromatic heterocycles. The predicted octanol–water partition coefficient (Wildman–Crippen LogP) is 3.37. The van der Waals surface area contributed by atoms with Crippen LogP contribution in [0.1, 0.15) is 21.8 Å². The van der Waals surface area contributed by atoms with Crippen molar-refractivity contribution in [2.75, 3.05) is 25.0 Å². The summed E-state index contributed by atoms with van der Waals surface area (Å²) in [6, 6.07) is 14.8. The van der Waals surface area contributed by atoms with E-state index in [1.165, 1.54) is 36.0 Å². The minimum absolute atomic E-state index is 0.0802. The Morgan fingerprint density at radius 2 is 1.87 bits per heavy atom. The van der Waals surface area contributed by atoms with E-state index < -0.39 is 0 Å². The van der Waals surface area contributed by atoms with Crippen molar-refractivity contribution >= 4 is 29.3 Å². The summed E-state index contributed by atoms with van der Waals surface area (Å²) in [7, 11) is 0. The van der Waals surface area contributed by atoms with E-state index in [9.17, 15) is 14.0 Å². The van der Waals surface area contributed by atoms with Crippen LogP contribution in [0.4, 0.5) is 10.1 Å². The molecule has 31 heavy (non-hydrogen) atoms. The van der Waals surface area contributed by atoms with Gasteiger partial charge in [0.05, 0.1) is 17.8 Å². The van der Waals surface area contributed by atoms with Crippen molar-refractivity contribution in [2.24, 2.45) is 0 Å². The lowest BCUT2D eigenvalue weighted by molar-refractivity contribution is -0.115. The fourth-order valence-corrected chi connectivity index (χ4v) is 3.65. The van der Waals surface area contributed by atoms with Gasteiger partial charge in [0.2, 0.25) is 5.91 Å². The number of anilines is 1. The van der Waals surface area contributed by atoms with Crippen LogP contribution in [0.15, 0.2) is 64.0 Å². The fourth-order valence-electron chi connectivity index (χ4n) is 2.72. The molecule has 2 aromatic carbocycles. The Balaban J connectivity index is 1.39. The molecule has 2 amide bonds. The summed E-state index contributed by atoms with van der Waals surface area (Å²) in [5.41, 5.74) is 1.93. The number of amides is 2. The molecular formula is C22H23FN4O3S. The predicted molar refractivity (Wildman–Crippen MR) is 117 cm³/mol. The molecule has 3 rings (SSSR count). The standard InChI is InChI=1S/C22H23FN4O3S/c1-15-12-18(27-30-15)14-31-20-5-3-2-4-19(20)22(29)25-11-10-24-13-21(28)26-17-8-6-16(23)7-9-17/h2-9,12,24H,10-11,13-14H2,1H3,(H,25,29)(H,26,28). The second-order valence-electron chi connectivity index (χ2n) is 6.70. The minimum atomic E-state index is -0.361. The van der Waals surface area contributed by atoms with E-state index in [2.05, 4.69) is 21.1 Å². The van der Waals surface area contributed by atoms with Crippen LogP contribution < -0.4 is 16.0 Å². The second-order valence-corrected chi connectivity index (χ2v) is 7.72. The average molecular weight is 443 g/mol. The Morgan fingerprint density at radius 1 is 1.10 bits per heavy atom. The molecule has 1 heterocycles.